The standard InChI is InChI=1S/C9H7ClFN3O/c10-6-2-1-3-7(11)5(6)4-8-13-9(12)14-15-8/h1-3H,4H2,(H2,12,14). The Kier molecular flexibility index (Phi) is 2.55. The first-order valence-corrected chi connectivity index (χ1v) is 4.55. The molecule has 0 spiro atoms. The Morgan fingerprint density at radius 3 is 2.87 bits per heavy atom. The molecule has 1 heterocycles. The zero-order chi connectivity index (χ0) is 10.8. The van der Waals surface area contributed by atoms with Crippen LogP contribution in [0.3, 0.4) is 0 Å². The average molecular weight is 228 g/mol. The number of halogens is 2. The maximum atomic E-state index is 13.3. The van der Waals surface area contributed by atoms with E-state index < -0.39 is 5.82 Å². The van der Waals surface area contributed by atoms with Crippen LogP contribution in [0.1, 0.15) is 11.5 Å². The average Bonchev–Trinajstić information content (AvgIpc) is 2.58. The van der Waals surface area contributed by atoms with Crippen LogP contribution in [0.5, 0.6) is 0 Å². The minimum atomic E-state index is -0.403. The molecule has 0 atom stereocenters. The van der Waals surface area contributed by atoms with Gasteiger partial charge in [-0.2, -0.15) is 4.98 Å². The van der Waals surface area contributed by atoms with Gasteiger partial charge in [-0.05, 0) is 17.3 Å². The Bertz CT molecular complexity index is 466. The van der Waals surface area contributed by atoms with E-state index in [1.807, 2.05) is 0 Å². The summed E-state index contributed by atoms with van der Waals surface area (Å²) in [7, 11) is 0. The Balaban J connectivity index is 2.31. The van der Waals surface area contributed by atoms with Crippen LogP contribution in [-0.4, -0.2) is 10.1 Å². The van der Waals surface area contributed by atoms with Crippen LogP contribution in [0, 0.1) is 5.82 Å². The fraction of sp³-hybridized carbons (Fsp3) is 0.111. The molecule has 0 fully saturated rings. The minimum absolute atomic E-state index is 0.0254. The SMILES string of the molecule is Nc1noc(Cc2c(F)cccc2Cl)n1. The summed E-state index contributed by atoms with van der Waals surface area (Å²) in [5.74, 6) is -0.142. The van der Waals surface area contributed by atoms with Gasteiger partial charge in [0.2, 0.25) is 5.89 Å². The van der Waals surface area contributed by atoms with Crippen molar-refractivity contribution in [3.05, 3.63) is 40.5 Å². The van der Waals surface area contributed by atoms with E-state index in [0.29, 0.717) is 10.6 Å². The van der Waals surface area contributed by atoms with Gasteiger partial charge in [-0.15, -0.1) is 0 Å². The molecule has 0 aliphatic carbocycles. The largest absolute Gasteiger partial charge is 0.365 e. The summed E-state index contributed by atoms with van der Waals surface area (Å²) < 4.78 is 18.1. The summed E-state index contributed by atoms with van der Waals surface area (Å²) in [6, 6.07) is 4.45. The third-order valence-electron chi connectivity index (χ3n) is 1.87. The molecular formula is C9H7ClFN3O. The number of nitrogens with zero attached hydrogens (tertiary/aromatic N) is 2. The monoisotopic (exact) mass is 227 g/mol. The predicted octanol–water partition coefficient (Wildman–Crippen LogP) is 2.04. The molecule has 2 aromatic rings. The molecular weight excluding hydrogens is 221 g/mol. The highest BCUT2D eigenvalue weighted by atomic mass is 35.5. The summed E-state index contributed by atoms with van der Waals surface area (Å²) in [6.45, 7) is 0. The van der Waals surface area contributed by atoms with E-state index in [2.05, 4.69) is 10.1 Å². The van der Waals surface area contributed by atoms with Crippen LogP contribution in [0.4, 0.5) is 10.3 Å². The van der Waals surface area contributed by atoms with Gasteiger partial charge in [-0.1, -0.05) is 17.7 Å². The Labute approximate surface area is 89.8 Å². The highest BCUT2D eigenvalue weighted by Gasteiger charge is 2.11. The maximum absolute atomic E-state index is 13.3. The number of hydrogen-bond donors (Lipinski definition) is 1. The van der Waals surface area contributed by atoms with Gasteiger partial charge in [0.05, 0.1) is 6.42 Å². The van der Waals surface area contributed by atoms with Gasteiger partial charge in [0, 0.05) is 10.6 Å². The molecule has 6 heteroatoms. The lowest BCUT2D eigenvalue weighted by atomic mass is 10.1. The molecule has 78 valence electrons. The molecule has 0 amide bonds. The van der Waals surface area contributed by atoms with Crippen molar-refractivity contribution < 1.29 is 8.91 Å². The Hall–Kier alpha value is -1.62. The molecule has 0 aliphatic heterocycles. The molecule has 0 saturated heterocycles. The Morgan fingerprint density at radius 1 is 1.47 bits per heavy atom. The summed E-state index contributed by atoms with van der Waals surface area (Å²) in [4.78, 5) is 3.76. The topological polar surface area (TPSA) is 64.9 Å². The highest BCUT2D eigenvalue weighted by molar-refractivity contribution is 6.31. The minimum Gasteiger partial charge on any atom is -0.365 e. The van der Waals surface area contributed by atoms with Crippen molar-refractivity contribution >= 4 is 17.5 Å². The van der Waals surface area contributed by atoms with Gasteiger partial charge in [0.15, 0.2) is 0 Å². The second kappa shape index (κ2) is 3.86. The number of nitrogens with two attached hydrogens (primary N) is 1. The quantitative estimate of drug-likeness (QED) is 0.853. The summed E-state index contributed by atoms with van der Waals surface area (Å²) in [6.07, 6.45) is 0.135. The van der Waals surface area contributed by atoms with E-state index in [-0.39, 0.29) is 18.3 Å². The third-order valence-corrected chi connectivity index (χ3v) is 2.23. The van der Waals surface area contributed by atoms with Gasteiger partial charge >= 0.3 is 0 Å². The van der Waals surface area contributed by atoms with Crippen molar-refractivity contribution in [2.45, 2.75) is 6.42 Å². The fourth-order valence-electron chi connectivity index (χ4n) is 1.19. The van der Waals surface area contributed by atoms with Crippen LogP contribution in [0.2, 0.25) is 5.02 Å². The van der Waals surface area contributed by atoms with Gasteiger partial charge in [0.25, 0.3) is 5.95 Å². The fourth-order valence-corrected chi connectivity index (χ4v) is 1.42. The molecule has 1 aromatic carbocycles. The molecule has 0 radical (unpaired) electrons. The van der Waals surface area contributed by atoms with E-state index in [1.54, 1.807) is 6.07 Å². The number of aromatic nitrogens is 2. The zero-order valence-electron chi connectivity index (χ0n) is 7.58. The van der Waals surface area contributed by atoms with Crippen LogP contribution in [0.15, 0.2) is 22.7 Å². The van der Waals surface area contributed by atoms with Crippen molar-refractivity contribution in [3.63, 3.8) is 0 Å². The van der Waals surface area contributed by atoms with Crippen molar-refractivity contribution in [2.75, 3.05) is 5.73 Å². The van der Waals surface area contributed by atoms with E-state index in [4.69, 9.17) is 21.9 Å². The summed E-state index contributed by atoms with van der Waals surface area (Å²) in [5, 5.41) is 3.72. The maximum Gasteiger partial charge on any atom is 0.260 e. The lowest BCUT2D eigenvalue weighted by Crippen LogP contribution is -1.94. The molecule has 2 rings (SSSR count). The summed E-state index contributed by atoms with van der Waals surface area (Å²) in [5.41, 5.74) is 5.59. The van der Waals surface area contributed by atoms with Gasteiger partial charge < -0.3 is 10.3 Å². The van der Waals surface area contributed by atoms with Crippen molar-refractivity contribution in [1.29, 1.82) is 0 Å². The number of rotatable bonds is 2. The van der Waals surface area contributed by atoms with E-state index in [9.17, 15) is 4.39 Å². The molecule has 0 bridgehead atoms. The first kappa shape index (κ1) is 9.92. The Morgan fingerprint density at radius 2 is 2.27 bits per heavy atom. The normalized spacial score (nSPS) is 10.5. The molecule has 0 saturated carbocycles. The van der Waals surface area contributed by atoms with E-state index in [0.717, 1.165) is 0 Å². The van der Waals surface area contributed by atoms with E-state index >= 15 is 0 Å². The zero-order valence-corrected chi connectivity index (χ0v) is 8.33. The van der Waals surface area contributed by atoms with Crippen LogP contribution >= 0.6 is 11.6 Å². The molecule has 15 heavy (non-hydrogen) atoms. The lowest BCUT2D eigenvalue weighted by molar-refractivity contribution is 0.384. The molecule has 1 aromatic heterocycles. The van der Waals surface area contributed by atoms with Crippen molar-refractivity contribution in [1.82, 2.24) is 10.1 Å². The second-order valence-corrected chi connectivity index (χ2v) is 3.33. The first-order chi connectivity index (χ1) is 7.16. The predicted molar refractivity (Wildman–Crippen MR) is 52.9 cm³/mol. The molecule has 2 N–H and O–H groups in total. The van der Waals surface area contributed by atoms with Gasteiger partial charge in [0.1, 0.15) is 5.82 Å². The van der Waals surface area contributed by atoms with Gasteiger partial charge in [-0.3, -0.25) is 0 Å². The van der Waals surface area contributed by atoms with E-state index in [1.165, 1.54) is 12.1 Å². The smallest absolute Gasteiger partial charge is 0.260 e. The second-order valence-electron chi connectivity index (χ2n) is 2.92. The molecule has 4 nitrogen and oxygen atoms in total. The van der Waals surface area contributed by atoms with Crippen LogP contribution in [-0.2, 0) is 6.42 Å². The van der Waals surface area contributed by atoms with Crippen molar-refractivity contribution in [2.24, 2.45) is 0 Å². The number of anilines is 1. The van der Waals surface area contributed by atoms with Crippen LogP contribution < -0.4 is 5.73 Å². The molecule has 0 aliphatic rings. The summed E-state index contributed by atoms with van der Waals surface area (Å²) >= 11 is 5.83. The van der Waals surface area contributed by atoms with Crippen molar-refractivity contribution in [3.8, 4) is 0 Å². The number of hydrogen-bond acceptors (Lipinski definition) is 4. The first-order valence-electron chi connectivity index (χ1n) is 4.18. The number of benzene rings is 1. The van der Waals surface area contributed by atoms with Gasteiger partial charge in [-0.25, -0.2) is 4.39 Å². The highest BCUT2D eigenvalue weighted by Crippen LogP contribution is 2.21. The van der Waals surface area contributed by atoms with Crippen LogP contribution in [0.25, 0.3) is 0 Å². The lowest BCUT2D eigenvalue weighted by Gasteiger charge is -2.01. The number of nitrogen functional groups attached to an aromatic ring is 1. The third kappa shape index (κ3) is 2.07. The molecule has 0 unspecified atom stereocenters.